The Morgan fingerprint density at radius 1 is 1.32 bits per heavy atom. The normalized spacial score (nSPS) is 31.1. The molecule has 8 heteroatoms. The summed E-state index contributed by atoms with van der Waals surface area (Å²) in [6.07, 6.45) is -1.05. The number of aliphatic hydroxyl groups excluding tert-OH is 3. The van der Waals surface area contributed by atoms with Crippen LogP contribution in [0.4, 0.5) is 5.69 Å². The Bertz CT molecular complexity index is 601. The average molecular weight is 266 g/mol. The molecule has 0 radical (unpaired) electrons. The van der Waals surface area contributed by atoms with Crippen molar-refractivity contribution in [1.82, 2.24) is 14.5 Å². The van der Waals surface area contributed by atoms with E-state index in [1.165, 1.54) is 17.1 Å². The molecule has 102 valence electrons. The van der Waals surface area contributed by atoms with Crippen LogP contribution < -0.4 is 5.73 Å². The topological polar surface area (TPSA) is 127 Å². The molecule has 1 saturated heterocycles. The van der Waals surface area contributed by atoms with Crippen LogP contribution in [-0.4, -0.2) is 54.8 Å². The van der Waals surface area contributed by atoms with Crippen molar-refractivity contribution in [3.63, 3.8) is 0 Å². The van der Waals surface area contributed by atoms with Gasteiger partial charge in [-0.3, -0.25) is 4.57 Å². The summed E-state index contributed by atoms with van der Waals surface area (Å²) in [7, 11) is 0. The van der Waals surface area contributed by atoms with Gasteiger partial charge in [0, 0.05) is 6.20 Å². The fourth-order valence-corrected chi connectivity index (χ4v) is 2.25. The van der Waals surface area contributed by atoms with E-state index in [2.05, 4.69) is 9.97 Å². The van der Waals surface area contributed by atoms with Crippen molar-refractivity contribution in [3.05, 3.63) is 18.6 Å². The number of ether oxygens (including phenoxy) is 1. The molecule has 8 nitrogen and oxygen atoms in total. The first-order valence-corrected chi connectivity index (χ1v) is 5.83. The molecule has 1 fully saturated rings. The van der Waals surface area contributed by atoms with E-state index in [0.717, 1.165) is 0 Å². The number of hydrogen-bond donors (Lipinski definition) is 4. The number of imidazole rings is 1. The van der Waals surface area contributed by atoms with Crippen LogP contribution in [0.1, 0.15) is 6.23 Å². The second kappa shape index (κ2) is 4.42. The minimum absolute atomic E-state index is 0.378. The zero-order valence-corrected chi connectivity index (χ0v) is 9.92. The van der Waals surface area contributed by atoms with Gasteiger partial charge in [-0.05, 0) is 6.07 Å². The van der Waals surface area contributed by atoms with Crippen molar-refractivity contribution in [2.45, 2.75) is 24.5 Å². The number of nitrogens with zero attached hydrogens (tertiary/aromatic N) is 3. The molecular weight excluding hydrogens is 252 g/mol. The molecule has 2 aromatic heterocycles. The van der Waals surface area contributed by atoms with Crippen LogP contribution in [0.25, 0.3) is 11.2 Å². The SMILES string of the molecule is Nc1ccnc2c1ncn2[C@@H]1O[C@H](CO)C(O)C1O. The van der Waals surface area contributed by atoms with E-state index in [-0.39, 0.29) is 6.61 Å². The lowest BCUT2D eigenvalue weighted by atomic mass is 10.1. The van der Waals surface area contributed by atoms with E-state index < -0.39 is 24.5 Å². The van der Waals surface area contributed by atoms with E-state index in [1.807, 2.05) is 0 Å². The monoisotopic (exact) mass is 266 g/mol. The number of rotatable bonds is 2. The van der Waals surface area contributed by atoms with Gasteiger partial charge >= 0.3 is 0 Å². The van der Waals surface area contributed by atoms with E-state index in [9.17, 15) is 10.2 Å². The van der Waals surface area contributed by atoms with Gasteiger partial charge in [-0.15, -0.1) is 0 Å². The summed E-state index contributed by atoms with van der Waals surface area (Å²) < 4.78 is 6.91. The van der Waals surface area contributed by atoms with Gasteiger partial charge in [0.25, 0.3) is 0 Å². The van der Waals surface area contributed by atoms with Gasteiger partial charge in [0.05, 0.1) is 18.6 Å². The summed E-state index contributed by atoms with van der Waals surface area (Å²) in [6, 6.07) is 1.62. The molecule has 2 aromatic rings. The molecule has 1 aliphatic heterocycles. The Labute approximate surface area is 108 Å². The highest BCUT2D eigenvalue weighted by atomic mass is 16.6. The molecule has 0 saturated carbocycles. The van der Waals surface area contributed by atoms with Crippen LogP contribution >= 0.6 is 0 Å². The molecule has 0 amide bonds. The lowest BCUT2D eigenvalue weighted by Gasteiger charge is -2.16. The molecule has 0 aliphatic carbocycles. The highest BCUT2D eigenvalue weighted by Gasteiger charge is 2.43. The smallest absolute Gasteiger partial charge is 0.165 e. The van der Waals surface area contributed by atoms with Crippen LogP contribution in [-0.2, 0) is 4.74 Å². The van der Waals surface area contributed by atoms with E-state index in [0.29, 0.717) is 16.9 Å². The maximum atomic E-state index is 9.97. The summed E-state index contributed by atoms with van der Waals surface area (Å²) in [5.41, 5.74) is 7.20. The predicted octanol–water partition coefficient (Wildman–Crippen LogP) is -1.38. The fourth-order valence-electron chi connectivity index (χ4n) is 2.25. The zero-order chi connectivity index (χ0) is 13.6. The standard InChI is InChI=1S/C11H14N4O4/c12-5-1-2-13-10-7(5)14-4-15(10)11-9(18)8(17)6(3-16)19-11/h1-2,4,6,8-9,11,16-18H,3H2,(H2,12,13)/t6-,8?,9?,11-/m1/s1. The Kier molecular flexibility index (Phi) is 2.86. The molecule has 0 spiro atoms. The fraction of sp³-hybridized carbons (Fsp3) is 0.455. The van der Waals surface area contributed by atoms with Crippen molar-refractivity contribution >= 4 is 16.9 Å². The minimum atomic E-state index is -1.17. The van der Waals surface area contributed by atoms with Gasteiger partial charge in [0.1, 0.15) is 23.8 Å². The van der Waals surface area contributed by atoms with E-state index in [1.54, 1.807) is 6.07 Å². The minimum Gasteiger partial charge on any atom is -0.397 e. The first kappa shape index (κ1) is 12.3. The average Bonchev–Trinajstić information content (AvgIpc) is 2.94. The van der Waals surface area contributed by atoms with Crippen molar-refractivity contribution < 1.29 is 20.1 Å². The Morgan fingerprint density at radius 3 is 2.79 bits per heavy atom. The summed E-state index contributed by atoms with van der Waals surface area (Å²) in [4.78, 5) is 8.26. The number of nitrogens with two attached hydrogens (primary N) is 1. The van der Waals surface area contributed by atoms with Gasteiger partial charge in [-0.1, -0.05) is 0 Å². The third-order valence-corrected chi connectivity index (χ3v) is 3.28. The molecule has 1 aliphatic rings. The van der Waals surface area contributed by atoms with Crippen molar-refractivity contribution in [3.8, 4) is 0 Å². The molecule has 2 unspecified atom stereocenters. The number of anilines is 1. The lowest BCUT2D eigenvalue weighted by Crippen LogP contribution is -2.33. The van der Waals surface area contributed by atoms with Crippen molar-refractivity contribution in [2.24, 2.45) is 0 Å². The summed E-state index contributed by atoms with van der Waals surface area (Å²) in [5.74, 6) is 0. The molecule has 19 heavy (non-hydrogen) atoms. The van der Waals surface area contributed by atoms with Crippen molar-refractivity contribution in [1.29, 1.82) is 0 Å². The van der Waals surface area contributed by atoms with E-state index in [4.69, 9.17) is 15.6 Å². The van der Waals surface area contributed by atoms with Gasteiger partial charge in [0.15, 0.2) is 11.9 Å². The summed E-state index contributed by atoms with van der Waals surface area (Å²) >= 11 is 0. The number of aliphatic hydroxyl groups is 3. The Morgan fingerprint density at radius 2 is 2.11 bits per heavy atom. The highest BCUT2D eigenvalue weighted by Crippen LogP contribution is 2.31. The molecule has 3 rings (SSSR count). The van der Waals surface area contributed by atoms with Gasteiger partial charge in [-0.2, -0.15) is 0 Å². The number of nitrogen functional groups attached to an aromatic ring is 1. The molecule has 4 atom stereocenters. The van der Waals surface area contributed by atoms with Gasteiger partial charge in [-0.25, -0.2) is 9.97 Å². The first-order chi connectivity index (χ1) is 9.13. The summed E-state index contributed by atoms with van der Waals surface area (Å²) in [5, 5.41) is 28.8. The quantitative estimate of drug-likeness (QED) is 0.528. The van der Waals surface area contributed by atoms with Crippen LogP contribution in [0.5, 0.6) is 0 Å². The first-order valence-electron chi connectivity index (χ1n) is 5.83. The number of fused-ring (bicyclic) bond motifs is 1. The predicted molar refractivity (Wildman–Crippen MR) is 64.9 cm³/mol. The van der Waals surface area contributed by atoms with Crippen LogP contribution in [0.2, 0.25) is 0 Å². The maximum absolute atomic E-state index is 9.97. The maximum Gasteiger partial charge on any atom is 0.165 e. The van der Waals surface area contributed by atoms with Gasteiger partial charge in [0.2, 0.25) is 0 Å². The number of pyridine rings is 1. The molecule has 0 bridgehead atoms. The molecule has 0 aromatic carbocycles. The van der Waals surface area contributed by atoms with Crippen molar-refractivity contribution in [2.75, 3.05) is 12.3 Å². The Balaban J connectivity index is 2.04. The van der Waals surface area contributed by atoms with E-state index >= 15 is 0 Å². The third kappa shape index (κ3) is 1.77. The second-order valence-corrected chi connectivity index (χ2v) is 4.45. The molecular formula is C11H14N4O4. The zero-order valence-electron chi connectivity index (χ0n) is 9.92. The lowest BCUT2D eigenvalue weighted by molar-refractivity contribution is -0.0511. The van der Waals surface area contributed by atoms with Crippen LogP contribution in [0.15, 0.2) is 18.6 Å². The highest BCUT2D eigenvalue weighted by molar-refractivity contribution is 5.83. The Hall–Kier alpha value is -1.74. The third-order valence-electron chi connectivity index (χ3n) is 3.28. The largest absolute Gasteiger partial charge is 0.397 e. The van der Waals surface area contributed by atoms with Crippen LogP contribution in [0.3, 0.4) is 0 Å². The number of aromatic nitrogens is 3. The second-order valence-electron chi connectivity index (χ2n) is 4.45. The molecule has 3 heterocycles. The molecule has 5 N–H and O–H groups in total. The number of hydrogen-bond acceptors (Lipinski definition) is 7. The van der Waals surface area contributed by atoms with Gasteiger partial charge < -0.3 is 25.8 Å². The summed E-state index contributed by atoms with van der Waals surface area (Å²) in [6.45, 7) is -0.378. The van der Waals surface area contributed by atoms with Crippen LogP contribution in [0, 0.1) is 0 Å².